The van der Waals surface area contributed by atoms with Gasteiger partial charge >= 0.3 is 0 Å². The van der Waals surface area contributed by atoms with E-state index in [4.69, 9.17) is 11.5 Å². The van der Waals surface area contributed by atoms with E-state index in [0.29, 0.717) is 14.6 Å². The van der Waals surface area contributed by atoms with Gasteiger partial charge in [-0.2, -0.15) is 0 Å². The molecule has 2 nitrogen and oxygen atoms in total. The molecule has 0 unspecified atom stereocenters. The number of hydrogen-bond donors (Lipinski definition) is 2. The Morgan fingerprint density at radius 1 is 1.43 bits per heavy atom. The van der Waals surface area contributed by atoms with Gasteiger partial charge < -0.3 is 11.5 Å². The maximum atomic E-state index is 13.6. The molecule has 0 fully saturated rings. The van der Waals surface area contributed by atoms with Crippen LogP contribution in [0.5, 0.6) is 0 Å². The highest BCUT2D eigenvalue weighted by Gasteiger charge is 2.17. The number of nitrogen functional groups attached to an aromatic ring is 1. The lowest BCUT2D eigenvalue weighted by atomic mass is 10.1. The molecule has 0 saturated heterocycles. The van der Waals surface area contributed by atoms with Gasteiger partial charge in [0.05, 0.1) is 16.2 Å². The van der Waals surface area contributed by atoms with E-state index in [-0.39, 0.29) is 5.56 Å². The lowest BCUT2D eigenvalue weighted by Crippen LogP contribution is -2.12. The Balaban J connectivity index is 3.46. The molecule has 1 rings (SSSR count). The van der Waals surface area contributed by atoms with Crippen LogP contribution in [0.2, 0.25) is 0 Å². The number of nitrogens with two attached hydrogens (primary N) is 2. The molecule has 0 aliphatic carbocycles. The van der Waals surface area contributed by atoms with Gasteiger partial charge in [0, 0.05) is 10.0 Å². The molecule has 0 aliphatic heterocycles. The smallest absolute Gasteiger partial charge is 0.144 e. The standard InChI is InChI=1S/C9H9Br2FN2/c1-2-6(13)7-8(12)4(10)3-5(11)9(7)14/h2-3,6H,1,13-14H2/t6-/m0/s1. The molecule has 0 aromatic heterocycles. The molecule has 14 heavy (non-hydrogen) atoms. The normalized spacial score (nSPS) is 12.6. The third-order valence-electron chi connectivity index (χ3n) is 1.83. The first kappa shape index (κ1) is 11.7. The molecule has 0 bridgehead atoms. The minimum absolute atomic E-state index is 0.251. The summed E-state index contributed by atoms with van der Waals surface area (Å²) < 4.78 is 14.5. The molecular formula is C9H9Br2FN2. The summed E-state index contributed by atoms with van der Waals surface area (Å²) in [4.78, 5) is 0. The maximum Gasteiger partial charge on any atom is 0.144 e. The van der Waals surface area contributed by atoms with Gasteiger partial charge in [0.1, 0.15) is 5.82 Å². The third-order valence-corrected chi connectivity index (χ3v) is 3.07. The Kier molecular flexibility index (Phi) is 3.69. The summed E-state index contributed by atoms with van der Waals surface area (Å²) in [5, 5.41) is 0. The number of benzene rings is 1. The molecule has 4 N–H and O–H groups in total. The predicted octanol–water partition coefficient (Wildman–Crippen LogP) is 3.12. The van der Waals surface area contributed by atoms with Crippen molar-refractivity contribution >= 4 is 37.5 Å². The minimum atomic E-state index is -0.608. The Morgan fingerprint density at radius 3 is 2.50 bits per heavy atom. The van der Waals surface area contributed by atoms with Crippen molar-refractivity contribution < 1.29 is 4.39 Å². The van der Waals surface area contributed by atoms with Crippen LogP contribution in [0.25, 0.3) is 0 Å². The zero-order valence-electron chi connectivity index (χ0n) is 7.23. The molecule has 0 amide bonds. The largest absolute Gasteiger partial charge is 0.397 e. The van der Waals surface area contributed by atoms with Crippen LogP contribution in [0.15, 0.2) is 27.7 Å². The highest BCUT2D eigenvalue weighted by atomic mass is 79.9. The van der Waals surface area contributed by atoms with Crippen LogP contribution in [0.3, 0.4) is 0 Å². The van der Waals surface area contributed by atoms with Gasteiger partial charge in [-0.05, 0) is 37.9 Å². The van der Waals surface area contributed by atoms with E-state index < -0.39 is 11.9 Å². The topological polar surface area (TPSA) is 52.0 Å². The number of hydrogen-bond acceptors (Lipinski definition) is 2. The monoisotopic (exact) mass is 322 g/mol. The molecule has 0 heterocycles. The summed E-state index contributed by atoms with van der Waals surface area (Å²) in [6, 6.07) is 0.938. The van der Waals surface area contributed by atoms with Crippen LogP contribution in [0.1, 0.15) is 11.6 Å². The van der Waals surface area contributed by atoms with E-state index in [1.807, 2.05) is 0 Å². The summed E-state index contributed by atoms with van der Waals surface area (Å²) in [6.45, 7) is 3.50. The van der Waals surface area contributed by atoms with Gasteiger partial charge in [-0.25, -0.2) is 4.39 Å². The van der Waals surface area contributed by atoms with Crippen molar-refractivity contribution in [3.8, 4) is 0 Å². The molecule has 1 atom stereocenters. The Hall–Kier alpha value is -0.390. The third kappa shape index (κ3) is 1.99. The molecule has 0 radical (unpaired) electrons. The second-order valence-electron chi connectivity index (χ2n) is 2.74. The van der Waals surface area contributed by atoms with Gasteiger partial charge in [-0.1, -0.05) is 6.08 Å². The summed E-state index contributed by atoms with van der Waals surface area (Å²) in [5.41, 5.74) is 11.9. The van der Waals surface area contributed by atoms with Crippen molar-refractivity contribution in [2.24, 2.45) is 5.73 Å². The first-order valence-electron chi connectivity index (χ1n) is 3.80. The zero-order valence-corrected chi connectivity index (χ0v) is 10.4. The van der Waals surface area contributed by atoms with E-state index in [9.17, 15) is 4.39 Å². The van der Waals surface area contributed by atoms with Crippen LogP contribution in [0.4, 0.5) is 10.1 Å². The molecule has 0 aliphatic rings. The van der Waals surface area contributed by atoms with Gasteiger partial charge in [0.25, 0.3) is 0 Å². The van der Waals surface area contributed by atoms with Crippen LogP contribution in [-0.4, -0.2) is 0 Å². The number of rotatable bonds is 2. The fourth-order valence-electron chi connectivity index (χ4n) is 1.07. The van der Waals surface area contributed by atoms with Crippen molar-refractivity contribution in [2.75, 3.05) is 5.73 Å². The second kappa shape index (κ2) is 4.42. The van der Waals surface area contributed by atoms with Gasteiger partial charge in [0.2, 0.25) is 0 Å². The van der Waals surface area contributed by atoms with Crippen LogP contribution >= 0.6 is 31.9 Å². The Morgan fingerprint density at radius 2 is 2.00 bits per heavy atom. The fraction of sp³-hybridized carbons (Fsp3) is 0.111. The lowest BCUT2D eigenvalue weighted by Gasteiger charge is -2.14. The van der Waals surface area contributed by atoms with Crippen molar-refractivity contribution in [1.82, 2.24) is 0 Å². The van der Waals surface area contributed by atoms with E-state index >= 15 is 0 Å². The molecule has 0 spiro atoms. The average molecular weight is 324 g/mol. The van der Waals surface area contributed by atoms with Gasteiger partial charge in [0.15, 0.2) is 0 Å². The second-order valence-corrected chi connectivity index (χ2v) is 4.45. The van der Waals surface area contributed by atoms with Gasteiger partial charge in [-0.3, -0.25) is 0 Å². The highest BCUT2D eigenvalue weighted by molar-refractivity contribution is 9.11. The summed E-state index contributed by atoms with van der Waals surface area (Å²) >= 11 is 6.30. The molecule has 5 heteroatoms. The molecule has 1 aromatic carbocycles. The zero-order chi connectivity index (χ0) is 10.9. The van der Waals surface area contributed by atoms with Crippen molar-refractivity contribution in [2.45, 2.75) is 6.04 Å². The Labute approximate surface area is 98.4 Å². The SMILES string of the molecule is C=C[C@H](N)c1c(N)c(Br)cc(Br)c1F. The summed E-state index contributed by atoms with van der Waals surface area (Å²) in [6.07, 6.45) is 1.44. The molecule has 0 saturated carbocycles. The van der Waals surface area contributed by atoms with Crippen molar-refractivity contribution in [1.29, 1.82) is 0 Å². The van der Waals surface area contributed by atoms with E-state index in [1.54, 1.807) is 6.07 Å². The van der Waals surface area contributed by atoms with E-state index in [1.165, 1.54) is 6.08 Å². The van der Waals surface area contributed by atoms with Crippen LogP contribution < -0.4 is 11.5 Å². The summed E-state index contributed by atoms with van der Waals surface area (Å²) in [7, 11) is 0. The first-order chi connectivity index (χ1) is 6.49. The van der Waals surface area contributed by atoms with Crippen LogP contribution in [-0.2, 0) is 0 Å². The molecule has 1 aromatic rings. The summed E-state index contributed by atoms with van der Waals surface area (Å²) in [5.74, 6) is -0.446. The Bertz CT molecular complexity index is 353. The quantitative estimate of drug-likeness (QED) is 0.499. The highest BCUT2D eigenvalue weighted by Crippen LogP contribution is 2.34. The fourth-order valence-corrected chi connectivity index (χ4v) is 2.26. The van der Waals surface area contributed by atoms with E-state index in [0.717, 1.165) is 0 Å². The van der Waals surface area contributed by atoms with Crippen molar-refractivity contribution in [3.05, 3.63) is 39.0 Å². The molecular weight excluding hydrogens is 315 g/mol. The first-order valence-corrected chi connectivity index (χ1v) is 5.38. The van der Waals surface area contributed by atoms with E-state index in [2.05, 4.69) is 38.4 Å². The minimum Gasteiger partial charge on any atom is -0.397 e. The van der Waals surface area contributed by atoms with Crippen molar-refractivity contribution in [3.63, 3.8) is 0 Å². The predicted molar refractivity (Wildman–Crippen MR) is 63.3 cm³/mol. The average Bonchev–Trinajstić information content (AvgIpc) is 2.15. The number of halogens is 3. The molecule has 76 valence electrons. The lowest BCUT2D eigenvalue weighted by molar-refractivity contribution is 0.597. The maximum absolute atomic E-state index is 13.6. The number of anilines is 1. The van der Waals surface area contributed by atoms with Gasteiger partial charge in [-0.15, -0.1) is 6.58 Å². The van der Waals surface area contributed by atoms with Crippen LogP contribution in [0, 0.1) is 5.82 Å².